The lowest BCUT2D eigenvalue weighted by Gasteiger charge is -2.11. The number of amides is 1. The molecule has 0 unspecified atom stereocenters. The third kappa shape index (κ3) is 4.98. The van der Waals surface area contributed by atoms with Crippen LogP contribution in [0.5, 0.6) is 11.5 Å². The van der Waals surface area contributed by atoms with E-state index in [0.29, 0.717) is 28.6 Å². The minimum atomic E-state index is -0.201. The first-order valence-corrected chi connectivity index (χ1v) is 10.1. The van der Waals surface area contributed by atoms with E-state index in [1.54, 1.807) is 13.2 Å². The highest BCUT2D eigenvalue weighted by Crippen LogP contribution is 2.28. The van der Waals surface area contributed by atoms with E-state index in [4.69, 9.17) is 9.47 Å². The SMILES string of the molecule is CCOc1ccc2cc(C#N)c(SCC(=O)Nc3cc(C)ccc3OC)nc2c1. The van der Waals surface area contributed by atoms with Gasteiger partial charge in [0.1, 0.15) is 22.6 Å². The quantitative estimate of drug-likeness (QED) is 0.578. The average molecular weight is 407 g/mol. The number of carbonyl (C=O) groups is 1. The zero-order chi connectivity index (χ0) is 20.8. The Morgan fingerprint density at radius 2 is 2.07 bits per heavy atom. The second-order valence-electron chi connectivity index (χ2n) is 6.28. The van der Waals surface area contributed by atoms with E-state index < -0.39 is 0 Å². The maximum absolute atomic E-state index is 12.4. The number of hydrogen-bond acceptors (Lipinski definition) is 6. The second-order valence-corrected chi connectivity index (χ2v) is 7.25. The predicted octanol–water partition coefficient (Wildman–Crippen LogP) is 4.55. The summed E-state index contributed by atoms with van der Waals surface area (Å²) in [5.74, 6) is 1.24. The predicted molar refractivity (Wildman–Crippen MR) is 115 cm³/mol. The molecule has 29 heavy (non-hydrogen) atoms. The number of carbonyl (C=O) groups excluding carboxylic acids is 1. The summed E-state index contributed by atoms with van der Waals surface area (Å²) < 4.78 is 10.8. The number of methoxy groups -OCH3 is 1. The van der Waals surface area contributed by atoms with Crippen molar-refractivity contribution in [3.8, 4) is 17.6 Å². The fraction of sp³-hybridized carbons (Fsp3) is 0.227. The number of aromatic nitrogens is 1. The summed E-state index contributed by atoms with van der Waals surface area (Å²) in [4.78, 5) is 17.0. The lowest BCUT2D eigenvalue weighted by molar-refractivity contribution is -0.113. The fourth-order valence-electron chi connectivity index (χ4n) is 2.82. The van der Waals surface area contributed by atoms with Crippen molar-refractivity contribution in [2.75, 3.05) is 24.8 Å². The van der Waals surface area contributed by atoms with E-state index in [2.05, 4.69) is 16.4 Å². The lowest BCUT2D eigenvalue weighted by Crippen LogP contribution is -2.15. The standard InChI is InChI=1S/C22H21N3O3S/c1-4-28-17-7-6-15-10-16(12-23)22(25-18(15)11-17)29-13-21(26)24-19-9-14(2)5-8-20(19)27-3/h5-11H,4,13H2,1-3H3,(H,24,26). The van der Waals surface area contributed by atoms with Crippen molar-refractivity contribution in [2.45, 2.75) is 18.9 Å². The van der Waals surface area contributed by atoms with Crippen LogP contribution in [0.15, 0.2) is 47.5 Å². The third-order valence-corrected chi connectivity index (χ3v) is 5.15. The number of pyridine rings is 1. The summed E-state index contributed by atoms with van der Waals surface area (Å²) in [5.41, 5.74) is 2.79. The summed E-state index contributed by atoms with van der Waals surface area (Å²) in [5, 5.41) is 13.7. The summed E-state index contributed by atoms with van der Waals surface area (Å²) in [7, 11) is 1.56. The van der Waals surface area contributed by atoms with Gasteiger partial charge >= 0.3 is 0 Å². The molecule has 3 rings (SSSR count). The van der Waals surface area contributed by atoms with Crippen molar-refractivity contribution < 1.29 is 14.3 Å². The molecule has 1 heterocycles. The number of anilines is 1. The molecule has 1 amide bonds. The van der Waals surface area contributed by atoms with E-state index in [1.165, 1.54) is 11.8 Å². The van der Waals surface area contributed by atoms with Crippen LogP contribution < -0.4 is 14.8 Å². The molecule has 0 bridgehead atoms. The Bertz CT molecular complexity index is 1090. The minimum Gasteiger partial charge on any atom is -0.495 e. The van der Waals surface area contributed by atoms with Crippen molar-refractivity contribution >= 4 is 34.3 Å². The van der Waals surface area contributed by atoms with Gasteiger partial charge in [-0.15, -0.1) is 0 Å². The van der Waals surface area contributed by atoms with Gasteiger partial charge in [0.05, 0.1) is 36.2 Å². The molecule has 7 heteroatoms. The number of hydrogen-bond donors (Lipinski definition) is 1. The first-order valence-electron chi connectivity index (χ1n) is 9.09. The van der Waals surface area contributed by atoms with Gasteiger partial charge in [-0.3, -0.25) is 4.79 Å². The first kappa shape index (κ1) is 20.5. The van der Waals surface area contributed by atoms with Gasteiger partial charge in [-0.05, 0) is 49.7 Å². The minimum absolute atomic E-state index is 0.120. The van der Waals surface area contributed by atoms with Crippen molar-refractivity contribution in [3.63, 3.8) is 0 Å². The Morgan fingerprint density at radius 1 is 1.24 bits per heavy atom. The van der Waals surface area contributed by atoms with E-state index in [-0.39, 0.29) is 11.7 Å². The lowest BCUT2D eigenvalue weighted by atomic mass is 10.1. The van der Waals surface area contributed by atoms with Crippen molar-refractivity contribution in [1.82, 2.24) is 4.98 Å². The molecule has 0 fully saturated rings. The Hall–Kier alpha value is -3.24. The van der Waals surface area contributed by atoms with Gasteiger partial charge in [0.25, 0.3) is 0 Å². The van der Waals surface area contributed by atoms with E-state index in [0.717, 1.165) is 22.2 Å². The average Bonchev–Trinajstić information content (AvgIpc) is 2.72. The molecule has 0 atom stereocenters. The Kier molecular flexibility index (Phi) is 6.57. The second kappa shape index (κ2) is 9.30. The number of benzene rings is 2. The molecule has 0 saturated carbocycles. The molecule has 148 valence electrons. The summed E-state index contributed by atoms with van der Waals surface area (Å²) in [6, 6.07) is 15.1. The highest BCUT2D eigenvalue weighted by Gasteiger charge is 2.13. The Morgan fingerprint density at radius 3 is 2.79 bits per heavy atom. The van der Waals surface area contributed by atoms with Gasteiger partial charge in [0, 0.05) is 11.5 Å². The third-order valence-electron chi connectivity index (χ3n) is 4.15. The molecule has 1 N–H and O–H groups in total. The van der Waals surface area contributed by atoms with Gasteiger partial charge in [-0.25, -0.2) is 4.98 Å². The maximum Gasteiger partial charge on any atom is 0.234 e. The van der Waals surface area contributed by atoms with Crippen LogP contribution in [-0.4, -0.2) is 30.4 Å². The van der Waals surface area contributed by atoms with Crippen LogP contribution >= 0.6 is 11.8 Å². The largest absolute Gasteiger partial charge is 0.495 e. The zero-order valence-corrected chi connectivity index (χ0v) is 17.3. The molecular weight excluding hydrogens is 386 g/mol. The Balaban J connectivity index is 1.78. The number of thioether (sulfide) groups is 1. The number of rotatable bonds is 7. The van der Waals surface area contributed by atoms with Gasteiger partial charge < -0.3 is 14.8 Å². The van der Waals surface area contributed by atoms with Gasteiger partial charge in [0.15, 0.2) is 0 Å². The summed E-state index contributed by atoms with van der Waals surface area (Å²) in [6.45, 7) is 4.42. The van der Waals surface area contributed by atoms with Crippen LogP contribution in [0.4, 0.5) is 5.69 Å². The van der Waals surface area contributed by atoms with Crippen molar-refractivity contribution in [2.24, 2.45) is 0 Å². The number of aryl methyl sites for hydroxylation is 1. The molecule has 1 aromatic heterocycles. The van der Waals surface area contributed by atoms with Crippen LogP contribution in [0, 0.1) is 18.3 Å². The topological polar surface area (TPSA) is 84.2 Å². The molecule has 2 aromatic carbocycles. The summed E-state index contributed by atoms with van der Waals surface area (Å²) in [6.07, 6.45) is 0. The molecular formula is C22H21N3O3S. The first-order chi connectivity index (χ1) is 14.0. The molecule has 0 radical (unpaired) electrons. The van der Waals surface area contributed by atoms with Crippen LogP contribution in [0.2, 0.25) is 0 Å². The van der Waals surface area contributed by atoms with Crippen molar-refractivity contribution in [1.29, 1.82) is 5.26 Å². The number of nitriles is 1. The molecule has 6 nitrogen and oxygen atoms in total. The highest BCUT2D eigenvalue weighted by molar-refractivity contribution is 8.00. The molecule has 0 aliphatic carbocycles. The molecule has 0 aliphatic heterocycles. The molecule has 0 saturated heterocycles. The van der Waals surface area contributed by atoms with Crippen LogP contribution in [-0.2, 0) is 4.79 Å². The van der Waals surface area contributed by atoms with E-state index in [1.807, 2.05) is 50.2 Å². The maximum atomic E-state index is 12.4. The molecule has 0 spiro atoms. The normalized spacial score (nSPS) is 10.4. The number of nitrogens with zero attached hydrogens (tertiary/aromatic N) is 2. The smallest absolute Gasteiger partial charge is 0.234 e. The van der Waals surface area contributed by atoms with E-state index in [9.17, 15) is 10.1 Å². The van der Waals surface area contributed by atoms with E-state index >= 15 is 0 Å². The van der Waals surface area contributed by atoms with Crippen molar-refractivity contribution in [3.05, 3.63) is 53.6 Å². The van der Waals surface area contributed by atoms with Gasteiger partial charge in [0.2, 0.25) is 5.91 Å². The fourth-order valence-corrected chi connectivity index (χ4v) is 3.58. The Labute approximate surface area is 173 Å². The summed E-state index contributed by atoms with van der Waals surface area (Å²) >= 11 is 1.22. The van der Waals surface area contributed by atoms with Crippen LogP contribution in [0.3, 0.4) is 0 Å². The number of nitrogens with one attached hydrogen (secondary N) is 1. The monoisotopic (exact) mass is 407 g/mol. The highest BCUT2D eigenvalue weighted by atomic mass is 32.2. The molecule has 0 aliphatic rings. The zero-order valence-electron chi connectivity index (χ0n) is 16.5. The number of ether oxygens (including phenoxy) is 2. The van der Waals surface area contributed by atoms with Gasteiger partial charge in [-0.1, -0.05) is 17.8 Å². The number of fused-ring (bicyclic) bond motifs is 1. The molecule has 3 aromatic rings. The van der Waals surface area contributed by atoms with Crippen LogP contribution in [0.1, 0.15) is 18.1 Å². The van der Waals surface area contributed by atoms with Crippen LogP contribution in [0.25, 0.3) is 10.9 Å². The van der Waals surface area contributed by atoms with Gasteiger partial charge in [-0.2, -0.15) is 5.26 Å².